The largest absolute Gasteiger partial charge is 0.445 e. The molecule has 9 heteroatoms. The first kappa shape index (κ1) is 19.9. The van der Waals surface area contributed by atoms with Gasteiger partial charge in [-0.05, 0) is 54.7 Å². The molecular weight excluding hydrogens is 394 g/mol. The van der Waals surface area contributed by atoms with Crippen molar-refractivity contribution in [3.63, 3.8) is 0 Å². The second kappa shape index (κ2) is 8.16. The number of hydrogen-bond acceptors (Lipinski definition) is 6. The summed E-state index contributed by atoms with van der Waals surface area (Å²) in [5.74, 6) is 1.84. The van der Waals surface area contributed by atoms with Crippen molar-refractivity contribution in [1.29, 1.82) is 0 Å². The summed E-state index contributed by atoms with van der Waals surface area (Å²) < 4.78 is 35.5. The van der Waals surface area contributed by atoms with Gasteiger partial charge in [0, 0.05) is 18.8 Å². The Morgan fingerprint density at radius 2 is 1.93 bits per heavy atom. The Hall–Kier alpha value is -2.39. The van der Waals surface area contributed by atoms with Crippen molar-refractivity contribution in [2.75, 3.05) is 24.7 Å². The number of sulfonamides is 1. The fraction of sp³-hybridized carbons (Fsp3) is 0.500. The van der Waals surface area contributed by atoms with E-state index < -0.39 is 16.1 Å². The number of aromatic nitrogens is 1. The van der Waals surface area contributed by atoms with E-state index in [2.05, 4.69) is 10.3 Å². The molecule has 1 aromatic carbocycles. The van der Waals surface area contributed by atoms with Crippen LogP contribution in [0.2, 0.25) is 0 Å². The topological polar surface area (TPSA) is 102 Å². The Morgan fingerprint density at radius 1 is 1.24 bits per heavy atom. The minimum Gasteiger partial charge on any atom is -0.445 e. The molecule has 2 aliphatic rings. The van der Waals surface area contributed by atoms with Gasteiger partial charge in [-0.2, -0.15) is 0 Å². The molecule has 0 spiro atoms. The molecule has 1 saturated carbocycles. The number of piperidine rings is 1. The Balaban J connectivity index is 1.30. The maximum atomic E-state index is 11.9. The lowest BCUT2D eigenvalue weighted by Gasteiger charge is -2.36. The molecule has 2 aromatic rings. The van der Waals surface area contributed by atoms with E-state index in [1.165, 1.54) is 24.4 Å². The van der Waals surface area contributed by atoms with E-state index in [1.54, 1.807) is 4.31 Å². The standard InChI is InChI=1S/C20H25N3O5S/c1-29(25,26)23-10-15-4-5-16(11-23)19(15)8-14-2-6-17(7-3-14)22-20(24)27-12-18-9-21-13-28-18/h2-3,6-7,9,13,15-16,19H,4-5,8,10-12H2,1H3,(H,22,24). The number of carbonyl (C=O) groups excluding carboxylic acids is 1. The number of hydrogen-bond donors (Lipinski definition) is 1. The van der Waals surface area contributed by atoms with Crippen molar-refractivity contribution in [2.24, 2.45) is 17.8 Å². The number of amides is 1. The lowest BCUT2D eigenvalue weighted by atomic mass is 9.81. The number of ether oxygens (including phenoxy) is 1. The quantitative estimate of drug-likeness (QED) is 0.772. The molecule has 1 saturated heterocycles. The van der Waals surface area contributed by atoms with Crippen molar-refractivity contribution in [2.45, 2.75) is 25.9 Å². The summed E-state index contributed by atoms with van der Waals surface area (Å²) >= 11 is 0. The molecule has 0 radical (unpaired) electrons. The monoisotopic (exact) mass is 419 g/mol. The van der Waals surface area contributed by atoms with E-state index in [9.17, 15) is 13.2 Å². The Morgan fingerprint density at radius 3 is 2.52 bits per heavy atom. The number of nitrogens with zero attached hydrogens (tertiary/aromatic N) is 2. The third kappa shape index (κ3) is 4.79. The van der Waals surface area contributed by atoms with E-state index in [0.717, 1.165) is 19.3 Å². The van der Waals surface area contributed by atoms with Crippen LogP contribution in [0, 0.1) is 17.8 Å². The minimum atomic E-state index is -3.11. The summed E-state index contributed by atoms with van der Waals surface area (Å²) in [6.07, 6.45) is 6.65. The maximum Gasteiger partial charge on any atom is 0.412 e. The van der Waals surface area contributed by atoms with Gasteiger partial charge in [-0.25, -0.2) is 22.5 Å². The maximum absolute atomic E-state index is 11.9. The number of carbonyl (C=O) groups is 1. The highest BCUT2D eigenvalue weighted by atomic mass is 32.2. The molecule has 156 valence electrons. The Bertz CT molecular complexity index is 929. The zero-order valence-electron chi connectivity index (χ0n) is 16.3. The van der Waals surface area contributed by atoms with Gasteiger partial charge in [0.25, 0.3) is 0 Å². The molecule has 1 N–H and O–H groups in total. The van der Waals surface area contributed by atoms with Crippen LogP contribution in [0.25, 0.3) is 0 Å². The van der Waals surface area contributed by atoms with Crippen LogP contribution in [0.1, 0.15) is 24.2 Å². The van der Waals surface area contributed by atoms with E-state index in [-0.39, 0.29) is 6.61 Å². The summed E-state index contributed by atoms with van der Waals surface area (Å²) in [7, 11) is -3.11. The van der Waals surface area contributed by atoms with Crippen LogP contribution in [0.5, 0.6) is 0 Å². The normalized spacial score (nSPS) is 24.4. The van der Waals surface area contributed by atoms with Gasteiger partial charge in [0.2, 0.25) is 10.0 Å². The highest BCUT2D eigenvalue weighted by molar-refractivity contribution is 7.88. The van der Waals surface area contributed by atoms with Crippen molar-refractivity contribution in [3.05, 3.63) is 48.2 Å². The first-order valence-electron chi connectivity index (χ1n) is 9.73. The predicted molar refractivity (Wildman–Crippen MR) is 107 cm³/mol. The predicted octanol–water partition coefficient (Wildman–Crippen LogP) is 2.88. The average molecular weight is 420 g/mol. The van der Waals surface area contributed by atoms with E-state index in [1.807, 2.05) is 24.3 Å². The van der Waals surface area contributed by atoms with Gasteiger partial charge in [-0.15, -0.1) is 0 Å². The summed E-state index contributed by atoms with van der Waals surface area (Å²) in [5.41, 5.74) is 1.85. The summed E-state index contributed by atoms with van der Waals surface area (Å²) in [6, 6.07) is 7.74. The van der Waals surface area contributed by atoms with Crippen LogP contribution >= 0.6 is 0 Å². The average Bonchev–Trinajstić information content (AvgIpc) is 3.26. The minimum absolute atomic E-state index is 0.0267. The van der Waals surface area contributed by atoms with Crippen LogP contribution in [-0.2, 0) is 27.8 Å². The number of fused-ring (bicyclic) bond motifs is 2. The molecule has 2 bridgehead atoms. The highest BCUT2D eigenvalue weighted by Gasteiger charge is 2.43. The van der Waals surface area contributed by atoms with Gasteiger partial charge in [0.1, 0.15) is 0 Å². The van der Waals surface area contributed by atoms with Crippen molar-refractivity contribution in [1.82, 2.24) is 9.29 Å². The van der Waals surface area contributed by atoms with Crippen molar-refractivity contribution in [3.8, 4) is 0 Å². The molecule has 2 atom stereocenters. The van der Waals surface area contributed by atoms with Crippen LogP contribution in [-0.4, -0.2) is 43.1 Å². The molecule has 1 aromatic heterocycles. The second-order valence-electron chi connectivity index (χ2n) is 7.91. The van der Waals surface area contributed by atoms with Crippen LogP contribution in [0.15, 0.2) is 41.3 Å². The molecule has 2 unspecified atom stereocenters. The van der Waals surface area contributed by atoms with E-state index in [4.69, 9.17) is 9.15 Å². The molecular formula is C20H25N3O5S. The fourth-order valence-corrected chi connectivity index (χ4v) is 5.42. The molecule has 4 rings (SSSR count). The molecule has 2 fully saturated rings. The molecule has 29 heavy (non-hydrogen) atoms. The Kier molecular flexibility index (Phi) is 5.60. The molecule has 1 amide bonds. The SMILES string of the molecule is CS(=O)(=O)N1CC2CCC(C1)C2Cc1ccc(NC(=O)OCc2cnco2)cc1. The molecule has 8 nitrogen and oxygen atoms in total. The first-order chi connectivity index (χ1) is 13.9. The van der Waals surface area contributed by atoms with Gasteiger partial charge in [0.05, 0.1) is 12.5 Å². The lowest BCUT2D eigenvalue weighted by Crippen LogP contribution is -2.45. The highest BCUT2D eigenvalue weighted by Crippen LogP contribution is 2.44. The molecule has 1 aliphatic heterocycles. The van der Waals surface area contributed by atoms with Crippen LogP contribution in [0.4, 0.5) is 10.5 Å². The van der Waals surface area contributed by atoms with Crippen LogP contribution < -0.4 is 5.32 Å². The van der Waals surface area contributed by atoms with Gasteiger partial charge >= 0.3 is 6.09 Å². The number of benzene rings is 1. The first-order valence-corrected chi connectivity index (χ1v) is 11.6. The summed E-state index contributed by atoms with van der Waals surface area (Å²) in [6.45, 7) is 1.30. The van der Waals surface area contributed by atoms with E-state index in [0.29, 0.717) is 42.3 Å². The van der Waals surface area contributed by atoms with Crippen LogP contribution in [0.3, 0.4) is 0 Å². The smallest absolute Gasteiger partial charge is 0.412 e. The van der Waals surface area contributed by atoms with E-state index >= 15 is 0 Å². The second-order valence-corrected chi connectivity index (χ2v) is 9.89. The third-order valence-corrected chi connectivity index (χ3v) is 7.20. The summed E-state index contributed by atoms with van der Waals surface area (Å²) in [4.78, 5) is 15.6. The Labute approximate surface area is 170 Å². The summed E-state index contributed by atoms with van der Waals surface area (Å²) in [5, 5.41) is 2.69. The fourth-order valence-electron chi connectivity index (χ4n) is 4.50. The number of nitrogens with one attached hydrogen (secondary N) is 1. The lowest BCUT2D eigenvalue weighted by molar-refractivity contribution is 0.146. The number of oxazole rings is 1. The zero-order chi connectivity index (χ0) is 20.4. The molecule has 1 aliphatic carbocycles. The number of rotatable bonds is 6. The van der Waals surface area contributed by atoms with Gasteiger partial charge in [-0.1, -0.05) is 12.1 Å². The van der Waals surface area contributed by atoms with Gasteiger partial charge < -0.3 is 9.15 Å². The number of anilines is 1. The van der Waals surface area contributed by atoms with Gasteiger partial charge in [-0.3, -0.25) is 5.32 Å². The zero-order valence-corrected chi connectivity index (χ0v) is 17.1. The molecule has 2 heterocycles. The van der Waals surface area contributed by atoms with Gasteiger partial charge in [0.15, 0.2) is 18.8 Å². The van der Waals surface area contributed by atoms with Crippen molar-refractivity contribution >= 4 is 21.8 Å². The third-order valence-electron chi connectivity index (χ3n) is 5.97. The van der Waals surface area contributed by atoms with Crippen molar-refractivity contribution < 1.29 is 22.4 Å².